The molecule has 4 N–H and O–H groups in total. The molecule has 0 spiro atoms. The maximum atomic E-state index is 12.0. The van der Waals surface area contributed by atoms with E-state index in [2.05, 4.69) is 15.6 Å². The molecule has 2 amide bonds. The van der Waals surface area contributed by atoms with Gasteiger partial charge in [0.1, 0.15) is 0 Å². The zero-order valence-corrected chi connectivity index (χ0v) is 19.7. The van der Waals surface area contributed by atoms with Gasteiger partial charge in [0, 0.05) is 6.42 Å². The summed E-state index contributed by atoms with van der Waals surface area (Å²) in [7, 11) is 0. The third-order valence-electron chi connectivity index (χ3n) is 4.10. The van der Waals surface area contributed by atoms with Gasteiger partial charge in [-0.2, -0.15) is 0 Å². The number of carbonyl (C=O) groups excluding carboxylic acids is 3. The molecule has 1 heterocycles. The van der Waals surface area contributed by atoms with Crippen LogP contribution in [0.25, 0.3) is 0 Å². The van der Waals surface area contributed by atoms with E-state index in [-0.39, 0.29) is 25.2 Å². The van der Waals surface area contributed by atoms with Crippen molar-refractivity contribution in [2.24, 2.45) is 0 Å². The molecule has 0 aliphatic heterocycles. The number of alkyl carbamates (subject to hydrolysis) is 1. The summed E-state index contributed by atoms with van der Waals surface area (Å²) in [5, 5.41) is 22.8. The number of hydrogen-bond donors (Lipinski definition) is 4. The van der Waals surface area contributed by atoms with E-state index in [1.54, 1.807) is 12.3 Å². The van der Waals surface area contributed by atoms with E-state index < -0.39 is 36.0 Å². The molecule has 170 valence electrons. The molecule has 0 aromatic carbocycles. The number of aliphatic carboxylic acids is 2. The number of pyridine rings is 1. The summed E-state index contributed by atoms with van der Waals surface area (Å²) in [5.74, 6) is -3.23. The number of carboxylic acids is 2. The molecule has 0 saturated heterocycles. The Balaban J connectivity index is 2.42. The molecule has 0 fully saturated rings. The first-order valence-corrected chi connectivity index (χ1v) is 10.9. The van der Waals surface area contributed by atoms with Crippen molar-refractivity contribution in [2.45, 2.75) is 51.2 Å². The van der Waals surface area contributed by atoms with Crippen LogP contribution in [0, 0.1) is 24.7 Å². The van der Waals surface area contributed by atoms with Crippen LogP contribution in [0.5, 0.6) is 0 Å². The fourth-order valence-electron chi connectivity index (χ4n) is 2.48. The van der Waals surface area contributed by atoms with Gasteiger partial charge in [-0.05, 0) is 13.3 Å². The van der Waals surface area contributed by atoms with Crippen molar-refractivity contribution in [3.05, 3.63) is 24.0 Å². The second-order valence-electron chi connectivity index (χ2n) is 6.62. The van der Waals surface area contributed by atoms with Crippen LogP contribution in [0.4, 0.5) is 4.79 Å². The second kappa shape index (κ2) is 13.6. The number of ether oxygens (including phenoxy) is 1. The molecular weight excluding hydrogens is 609 g/mol. The molecule has 1 aromatic heterocycles. The summed E-state index contributed by atoms with van der Waals surface area (Å²) in [6.45, 7) is 1.49. The number of nitrogens with one attached hydrogen (secondary N) is 2. The van der Waals surface area contributed by atoms with Crippen molar-refractivity contribution in [1.29, 1.82) is 0 Å². The Labute approximate surface area is 193 Å². The Bertz CT molecular complexity index is 817. The first kappa shape index (κ1) is 26.4. The van der Waals surface area contributed by atoms with Gasteiger partial charge in [0.15, 0.2) is 5.78 Å². The summed E-state index contributed by atoms with van der Waals surface area (Å²) in [5.41, 5.74) is 0.436. The minimum absolute atomic E-state index is 0.00668. The summed E-state index contributed by atoms with van der Waals surface area (Å²) < 4.78 is 5.77. The predicted octanol–water partition coefficient (Wildman–Crippen LogP) is 0.158. The van der Waals surface area contributed by atoms with Gasteiger partial charge < -0.3 is 10.4 Å². The van der Waals surface area contributed by atoms with Crippen LogP contribution in [0.15, 0.2) is 18.5 Å². The molecule has 12 heteroatoms. The zero-order valence-electron chi connectivity index (χ0n) is 16.8. The summed E-state index contributed by atoms with van der Waals surface area (Å²) in [6.07, 6.45) is 0.909. The SMILES string of the molecule is CC(=O)[C@H](CCC(=O)O)NC(=O)O[C@@H](CCCCNC(=O)c1cncc([211At])c1)C(=O)O. The van der Waals surface area contributed by atoms with Gasteiger partial charge in [-0.3, -0.25) is 9.59 Å². The molecule has 2 atom stereocenters. The molecule has 1 aromatic rings. The minimum atomic E-state index is -1.44. The van der Waals surface area contributed by atoms with E-state index in [9.17, 15) is 29.1 Å². The Morgan fingerprint density at radius 2 is 1.84 bits per heavy atom. The number of hydrogen-bond acceptors (Lipinski definition) is 7. The van der Waals surface area contributed by atoms with Crippen molar-refractivity contribution in [1.82, 2.24) is 15.6 Å². The van der Waals surface area contributed by atoms with Crippen LogP contribution in [-0.4, -0.2) is 63.6 Å². The van der Waals surface area contributed by atoms with E-state index in [4.69, 9.17) is 9.84 Å². The molecule has 0 bridgehead atoms. The topological polar surface area (TPSA) is 172 Å². The molecule has 0 unspecified atom stereocenters. The van der Waals surface area contributed by atoms with E-state index in [1.807, 2.05) is 0 Å². The quantitative estimate of drug-likeness (QED) is 0.221. The average molecular weight is 633 g/mol. The molecule has 0 radical (unpaired) electrons. The van der Waals surface area contributed by atoms with Crippen LogP contribution >= 0.6 is 0 Å². The van der Waals surface area contributed by atoms with Gasteiger partial charge in [-0.25, -0.2) is 4.79 Å². The second-order valence-corrected chi connectivity index (χ2v) is 8.31. The molecule has 0 saturated carbocycles. The fourth-order valence-corrected chi connectivity index (χ4v) is 3.15. The van der Waals surface area contributed by atoms with Crippen LogP contribution in [0.3, 0.4) is 0 Å². The molecule has 1 rings (SSSR count). The fraction of sp³-hybridized carbons (Fsp3) is 0.474. The standard InChI is InChI=1S/C19H24AtN3O8/c1-11(24)14(5-6-16(25)26)23-19(30)31-15(18(28)29)4-2-3-7-22-17(27)12-8-13(20)10-21-9-12/h8-10,14-15H,2-7H2,1H3,(H,22,27)(H,23,30)(H,25,26)(H,28,29)/t14-,15-/m0/s1/i20+1. The number of rotatable bonds is 13. The molecule has 0 aliphatic carbocycles. The Morgan fingerprint density at radius 3 is 2.42 bits per heavy atom. The zero-order chi connectivity index (χ0) is 23.4. The Morgan fingerprint density at radius 1 is 1.13 bits per heavy atom. The van der Waals surface area contributed by atoms with Crippen molar-refractivity contribution in [3.63, 3.8) is 0 Å². The van der Waals surface area contributed by atoms with Crippen LogP contribution in [0.2, 0.25) is 0 Å². The van der Waals surface area contributed by atoms with E-state index in [0.717, 1.165) is 3.27 Å². The summed E-state index contributed by atoms with van der Waals surface area (Å²) in [4.78, 5) is 61.4. The molecule has 0 aliphatic rings. The third kappa shape index (κ3) is 10.8. The van der Waals surface area contributed by atoms with Gasteiger partial charge in [-0.1, -0.05) is 0 Å². The molecular formula is C19H24AtN3O8. The predicted molar refractivity (Wildman–Crippen MR) is 102 cm³/mol. The van der Waals surface area contributed by atoms with Crippen LogP contribution in [-0.2, 0) is 19.1 Å². The van der Waals surface area contributed by atoms with E-state index in [1.165, 1.54) is 37.8 Å². The summed E-state index contributed by atoms with van der Waals surface area (Å²) in [6, 6.07) is 0.641. The number of unbranched alkanes of at least 4 members (excludes halogenated alkanes) is 1. The molecule has 11 nitrogen and oxygen atoms in total. The normalized spacial score (nSPS) is 12.3. The van der Waals surface area contributed by atoms with Crippen molar-refractivity contribution in [2.75, 3.05) is 6.54 Å². The van der Waals surface area contributed by atoms with Gasteiger partial charge in [0.2, 0.25) is 0 Å². The number of ketones is 1. The Hall–Kier alpha value is -2.62. The first-order valence-electron chi connectivity index (χ1n) is 9.41. The number of nitrogens with zero attached hydrogens (tertiary/aromatic N) is 1. The van der Waals surface area contributed by atoms with E-state index >= 15 is 0 Å². The van der Waals surface area contributed by atoms with Crippen molar-refractivity contribution in [3.8, 4) is 0 Å². The Kier molecular flexibility index (Phi) is 11.6. The molecule has 31 heavy (non-hydrogen) atoms. The number of Topliss-reactive ketones (excluding diaryl/α,β-unsaturated/α-hetero) is 1. The van der Waals surface area contributed by atoms with Gasteiger partial charge in [0.05, 0.1) is 6.04 Å². The number of aromatic nitrogens is 1. The van der Waals surface area contributed by atoms with Crippen LogP contribution < -0.4 is 13.9 Å². The number of amides is 2. The van der Waals surface area contributed by atoms with Gasteiger partial charge >= 0.3 is 138 Å². The van der Waals surface area contributed by atoms with Gasteiger partial charge in [0.25, 0.3) is 0 Å². The average Bonchev–Trinajstić information content (AvgIpc) is 2.69. The maximum absolute atomic E-state index is 12.0. The van der Waals surface area contributed by atoms with Gasteiger partial charge in [-0.15, -0.1) is 0 Å². The van der Waals surface area contributed by atoms with Crippen molar-refractivity contribution >= 4 is 33.0 Å². The van der Waals surface area contributed by atoms with E-state index in [0.29, 0.717) is 24.9 Å². The summed E-state index contributed by atoms with van der Waals surface area (Å²) >= 11 is 1.40. The van der Waals surface area contributed by atoms with Crippen LogP contribution in [0.1, 0.15) is 49.4 Å². The number of carboxylic acid groups (broad SMARTS) is 2. The third-order valence-corrected chi connectivity index (χ3v) is 4.90. The number of carbonyl (C=O) groups is 5. The monoisotopic (exact) mass is 633 g/mol. The first-order chi connectivity index (χ1) is 14.6. The van der Waals surface area contributed by atoms with Crippen molar-refractivity contribution < 1.29 is 63.6 Å².